The second kappa shape index (κ2) is 8.71. The highest BCUT2D eigenvalue weighted by Gasteiger charge is 2.14. The van der Waals surface area contributed by atoms with Crippen molar-refractivity contribution in [1.29, 1.82) is 0 Å². The Morgan fingerprint density at radius 1 is 1.28 bits per heavy atom. The van der Waals surface area contributed by atoms with Crippen molar-refractivity contribution in [3.05, 3.63) is 34.3 Å². The third-order valence-corrected chi connectivity index (χ3v) is 4.25. The molecule has 0 amide bonds. The Kier molecular flexibility index (Phi) is 7.60. The monoisotopic (exact) mass is 311 g/mol. The lowest BCUT2D eigenvalue weighted by molar-refractivity contribution is 0.360. The van der Waals surface area contributed by atoms with E-state index < -0.39 is 0 Å². The molecule has 0 aromatic heterocycles. The number of benzene rings is 1. The van der Waals surface area contributed by atoms with Gasteiger partial charge in [0.05, 0.1) is 0 Å². The van der Waals surface area contributed by atoms with E-state index in [1.165, 1.54) is 29.3 Å². The fraction of sp³-hybridized carbons (Fsp3) is 0.625. The first-order valence-electron chi connectivity index (χ1n) is 7.05. The molecule has 0 fully saturated rings. The van der Waals surface area contributed by atoms with E-state index in [-0.39, 0.29) is 0 Å². The van der Waals surface area contributed by atoms with Gasteiger partial charge in [-0.05, 0) is 49.9 Å². The molecule has 0 saturated heterocycles. The predicted molar refractivity (Wildman–Crippen MR) is 84.0 cm³/mol. The van der Waals surface area contributed by atoms with Crippen LogP contribution in [0.5, 0.6) is 0 Å². The van der Waals surface area contributed by atoms with Gasteiger partial charge < -0.3 is 5.32 Å². The van der Waals surface area contributed by atoms with E-state index in [9.17, 15) is 0 Å². The van der Waals surface area contributed by atoms with Gasteiger partial charge in [0.1, 0.15) is 0 Å². The highest BCUT2D eigenvalue weighted by Crippen LogP contribution is 2.24. The maximum atomic E-state index is 3.65. The van der Waals surface area contributed by atoms with Crippen molar-refractivity contribution in [2.75, 3.05) is 13.6 Å². The molecule has 0 spiro atoms. The largest absolute Gasteiger partial charge is 0.319 e. The molecule has 102 valence electrons. The highest BCUT2D eigenvalue weighted by atomic mass is 79.9. The van der Waals surface area contributed by atoms with Crippen LogP contribution in [0.25, 0.3) is 0 Å². The molecule has 0 radical (unpaired) electrons. The van der Waals surface area contributed by atoms with E-state index >= 15 is 0 Å². The average molecular weight is 312 g/mol. The summed E-state index contributed by atoms with van der Waals surface area (Å²) in [6.07, 6.45) is 5.12. The van der Waals surface area contributed by atoms with Crippen LogP contribution in [-0.4, -0.2) is 13.6 Å². The lowest BCUT2D eigenvalue weighted by Gasteiger charge is -2.21. The smallest absolute Gasteiger partial charge is 0.0207 e. The molecule has 1 N–H and O–H groups in total. The van der Waals surface area contributed by atoms with Gasteiger partial charge in [0.25, 0.3) is 0 Å². The summed E-state index contributed by atoms with van der Waals surface area (Å²) >= 11 is 3.65. The Morgan fingerprint density at radius 3 is 2.61 bits per heavy atom. The Morgan fingerprint density at radius 2 is 2.00 bits per heavy atom. The Hall–Kier alpha value is -0.340. The number of hydrogen-bond acceptors (Lipinski definition) is 1. The van der Waals surface area contributed by atoms with Crippen molar-refractivity contribution < 1.29 is 0 Å². The van der Waals surface area contributed by atoms with Crippen molar-refractivity contribution in [3.63, 3.8) is 0 Å². The molecule has 2 atom stereocenters. The van der Waals surface area contributed by atoms with Crippen molar-refractivity contribution in [2.24, 2.45) is 11.8 Å². The fourth-order valence-electron chi connectivity index (χ4n) is 2.68. The fourth-order valence-corrected chi connectivity index (χ4v) is 3.13. The zero-order chi connectivity index (χ0) is 13.4. The van der Waals surface area contributed by atoms with Crippen LogP contribution in [0.3, 0.4) is 0 Å². The molecule has 18 heavy (non-hydrogen) atoms. The molecule has 0 heterocycles. The molecular weight excluding hydrogens is 286 g/mol. The van der Waals surface area contributed by atoms with Crippen LogP contribution in [0.1, 0.15) is 38.7 Å². The molecule has 1 rings (SSSR count). The van der Waals surface area contributed by atoms with Gasteiger partial charge in [0.2, 0.25) is 0 Å². The standard InChI is InChI=1S/C16H26BrN/c1-4-7-13(2)10-14(12-18-3)11-15-8-5-6-9-16(15)17/h5-6,8-9,13-14,18H,4,7,10-12H2,1-3H3. The maximum Gasteiger partial charge on any atom is 0.0207 e. The molecule has 2 heteroatoms. The summed E-state index contributed by atoms with van der Waals surface area (Å²) in [6, 6.07) is 8.59. The van der Waals surface area contributed by atoms with E-state index in [2.05, 4.69) is 66.4 Å². The summed E-state index contributed by atoms with van der Waals surface area (Å²) < 4.78 is 1.24. The number of nitrogens with one attached hydrogen (secondary N) is 1. The Balaban J connectivity index is 2.59. The lowest BCUT2D eigenvalue weighted by atomic mass is 9.88. The number of halogens is 1. The maximum absolute atomic E-state index is 3.65. The van der Waals surface area contributed by atoms with Gasteiger partial charge in [0, 0.05) is 4.47 Å². The van der Waals surface area contributed by atoms with Crippen LogP contribution in [0, 0.1) is 11.8 Å². The summed E-state index contributed by atoms with van der Waals surface area (Å²) in [6.45, 7) is 5.76. The van der Waals surface area contributed by atoms with E-state index in [1.54, 1.807) is 0 Å². The molecule has 0 bridgehead atoms. The van der Waals surface area contributed by atoms with E-state index in [0.29, 0.717) is 0 Å². The molecule has 2 unspecified atom stereocenters. The van der Waals surface area contributed by atoms with Crippen LogP contribution in [0.15, 0.2) is 28.7 Å². The lowest BCUT2D eigenvalue weighted by Crippen LogP contribution is -2.23. The van der Waals surface area contributed by atoms with Crippen molar-refractivity contribution in [1.82, 2.24) is 5.32 Å². The minimum absolute atomic E-state index is 0.732. The zero-order valence-electron chi connectivity index (χ0n) is 11.9. The van der Waals surface area contributed by atoms with Crippen LogP contribution in [-0.2, 0) is 6.42 Å². The summed E-state index contributed by atoms with van der Waals surface area (Å²) in [5.74, 6) is 1.56. The normalized spacial score (nSPS) is 14.4. The second-order valence-corrected chi connectivity index (χ2v) is 6.20. The van der Waals surface area contributed by atoms with E-state index in [0.717, 1.165) is 24.8 Å². The van der Waals surface area contributed by atoms with Gasteiger partial charge in [-0.3, -0.25) is 0 Å². The molecule has 0 aliphatic rings. The van der Waals surface area contributed by atoms with Crippen LogP contribution in [0.4, 0.5) is 0 Å². The van der Waals surface area contributed by atoms with Gasteiger partial charge in [-0.25, -0.2) is 0 Å². The first-order valence-corrected chi connectivity index (χ1v) is 7.84. The highest BCUT2D eigenvalue weighted by molar-refractivity contribution is 9.10. The second-order valence-electron chi connectivity index (χ2n) is 5.35. The summed E-state index contributed by atoms with van der Waals surface area (Å²) in [5.41, 5.74) is 1.43. The molecule has 1 aromatic rings. The SMILES string of the molecule is CCCC(C)CC(CNC)Cc1ccccc1Br. The van der Waals surface area contributed by atoms with Crippen molar-refractivity contribution >= 4 is 15.9 Å². The number of hydrogen-bond donors (Lipinski definition) is 1. The zero-order valence-corrected chi connectivity index (χ0v) is 13.5. The van der Waals surface area contributed by atoms with Gasteiger partial charge in [-0.1, -0.05) is 60.8 Å². The quantitative estimate of drug-likeness (QED) is 0.736. The average Bonchev–Trinajstić information content (AvgIpc) is 2.32. The summed E-state index contributed by atoms with van der Waals surface area (Å²) in [5, 5.41) is 3.34. The number of rotatable bonds is 8. The molecule has 0 aliphatic carbocycles. The molecular formula is C16H26BrN. The van der Waals surface area contributed by atoms with Crippen LogP contribution < -0.4 is 5.32 Å². The van der Waals surface area contributed by atoms with Crippen LogP contribution >= 0.6 is 15.9 Å². The predicted octanol–water partition coefficient (Wildman–Crippen LogP) is 4.65. The first-order chi connectivity index (χ1) is 8.67. The van der Waals surface area contributed by atoms with Crippen molar-refractivity contribution in [2.45, 2.75) is 39.5 Å². The minimum atomic E-state index is 0.732. The molecule has 0 aliphatic heterocycles. The van der Waals surface area contributed by atoms with Crippen molar-refractivity contribution in [3.8, 4) is 0 Å². The van der Waals surface area contributed by atoms with Gasteiger partial charge >= 0.3 is 0 Å². The Bertz CT molecular complexity index is 338. The van der Waals surface area contributed by atoms with Gasteiger partial charge in [-0.2, -0.15) is 0 Å². The first kappa shape index (κ1) is 15.7. The topological polar surface area (TPSA) is 12.0 Å². The molecule has 1 aromatic carbocycles. The minimum Gasteiger partial charge on any atom is -0.319 e. The molecule has 1 nitrogen and oxygen atoms in total. The third kappa shape index (κ3) is 5.53. The summed E-state index contributed by atoms with van der Waals surface area (Å²) in [4.78, 5) is 0. The van der Waals surface area contributed by atoms with Gasteiger partial charge in [0.15, 0.2) is 0 Å². The van der Waals surface area contributed by atoms with E-state index in [1.807, 2.05) is 0 Å². The summed E-state index contributed by atoms with van der Waals surface area (Å²) in [7, 11) is 2.05. The Labute approximate surface area is 120 Å². The van der Waals surface area contributed by atoms with Gasteiger partial charge in [-0.15, -0.1) is 0 Å². The van der Waals surface area contributed by atoms with E-state index in [4.69, 9.17) is 0 Å². The molecule has 0 saturated carbocycles. The van der Waals surface area contributed by atoms with Crippen LogP contribution in [0.2, 0.25) is 0 Å². The third-order valence-electron chi connectivity index (χ3n) is 3.48.